The molecule has 4 nitrogen and oxygen atoms in total. The number of aromatic nitrogens is 1. The summed E-state index contributed by atoms with van der Waals surface area (Å²) in [6.45, 7) is 0.383. The fourth-order valence-corrected chi connectivity index (χ4v) is 2.58. The Morgan fingerprint density at radius 3 is 2.50 bits per heavy atom. The van der Waals surface area contributed by atoms with E-state index in [1.165, 1.54) is 11.3 Å². The second kappa shape index (κ2) is 5.94. The number of nitrogens with zero attached hydrogens (tertiary/aromatic N) is 1. The van der Waals surface area contributed by atoms with E-state index < -0.39 is 0 Å². The summed E-state index contributed by atoms with van der Waals surface area (Å²) in [5, 5.41) is 7.86. The van der Waals surface area contributed by atoms with Crippen molar-refractivity contribution in [3.05, 3.63) is 16.9 Å². The Morgan fingerprint density at radius 1 is 1.33 bits per heavy atom. The molecular weight excluding hydrogens is 316 g/mol. The van der Waals surface area contributed by atoms with Gasteiger partial charge in [-0.25, -0.2) is 0 Å². The lowest BCUT2D eigenvalue weighted by atomic mass is 10.3. The minimum atomic E-state index is 0. The van der Waals surface area contributed by atoms with Gasteiger partial charge in [-0.3, -0.25) is 5.41 Å². The lowest BCUT2D eigenvalue weighted by molar-refractivity contribution is 0.355. The van der Waals surface area contributed by atoms with Gasteiger partial charge in [0.25, 0.3) is 0 Å². The number of halogens is 1. The number of methoxy groups -OCH3 is 2. The first-order valence-corrected chi connectivity index (χ1v) is 5.76. The fourth-order valence-electron chi connectivity index (χ4n) is 1.66. The number of fused-ring (bicyclic) bond motifs is 1. The predicted molar refractivity (Wildman–Crippen MR) is 77.9 cm³/mol. The van der Waals surface area contributed by atoms with Crippen LogP contribution in [0.25, 0.3) is 10.2 Å². The van der Waals surface area contributed by atoms with Gasteiger partial charge in [-0.05, 0) is 0 Å². The molecule has 0 saturated heterocycles. The summed E-state index contributed by atoms with van der Waals surface area (Å²) in [4.78, 5) is 0.424. The molecule has 0 radical (unpaired) electrons. The van der Waals surface area contributed by atoms with Crippen molar-refractivity contribution in [3.63, 3.8) is 0 Å². The van der Waals surface area contributed by atoms with Crippen LogP contribution in [0.3, 0.4) is 0 Å². The van der Waals surface area contributed by atoms with Crippen LogP contribution in [-0.2, 0) is 6.54 Å². The molecule has 1 aromatic heterocycles. The van der Waals surface area contributed by atoms with Gasteiger partial charge in [-0.1, -0.05) is 17.3 Å². The number of benzene rings is 1. The van der Waals surface area contributed by atoms with Crippen LogP contribution in [0.2, 0.25) is 0 Å². The number of hydrogen-bond acceptors (Lipinski definition) is 4. The zero-order chi connectivity index (χ0) is 12.4. The van der Waals surface area contributed by atoms with Crippen molar-refractivity contribution in [2.24, 2.45) is 0 Å². The average Bonchev–Trinajstić information content (AvgIpc) is 2.64. The average molecular weight is 329 g/mol. The molecule has 18 heavy (non-hydrogen) atoms. The molecule has 0 atom stereocenters. The van der Waals surface area contributed by atoms with E-state index in [4.69, 9.17) is 21.3 Å². The summed E-state index contributed by atoms with van der Waals surface area (Å²) >= 11 is 1.37. The first-order chi connectivity index (χ1) is 8.21. The van der Waals surface area contributed by atoms with Gasteiger partial charge in [0.05, 0.1) is 31.0 Å². The van der Waals surface area contributed by atoms with Crippen molar-refractivity contribution in [2.45, 2.75) is 6.54 Å². The quantitative estimate of drug-likeness (QED) is 0.879. The molecule has 1 heterocycles. The molecular formula is C12H13BrN2O2S. The van der Waals surface area contributed by atoms with E-state index in [1.807, 2.05) is 12.1 Å². The Balaban J connectivity index is 0.00000162. The van der Waals surface area contributed by atoms with Crippen LogP contribution >= 0.6 is 28.3 Å². The molecule has 1 aromatic carbocycles. The highest BCUT2D eigenvalue weighted by atomic mass is 79.9. The Bertz CT molecular complexity index is 654. The predicted octanol–water partition coefficient (Wildman–Crippen LogP) is 2.41. The van der Waals surface area contributed by atoms with E-state index >= 15 is 0 Å². The van der Waals surface area contributed by atoms with E-state index in [9.17, 15) is 0 Å². The fraction of sp³-hybridized carbons (Fsp3) is 0.250. The van der Waals surface area contributed by atoms with Crippen LogP contribution in [0, 0.1) is 17.8 Å². The number of hydrogen-bond donors (Lipinski definition) is 1. The Hall–Kier alpha value is -1.45. The molecule has 0 saturated carbocycles. The van der Waals surface area contributed by atoms with Gasteiger partial charge >= 0.3 is 0 Å². The van der Waals surface area contributed by atoms with Gasteiger partial charge in [0.1, 0.15) is 0 Å². The minimum Gasteiger partial charge on any atom is -0.493 e. The monoisotopic (exact) mass is 328 g/mol. The summed E-state index contributed by atoms with van der Waals surface area (Å²) in [6.07, 6.45) is 5.30. The number of thiazole rings is 1. The topological polar surface area (TPSA) is 47.2 Å². The number of nitrogens with one attached hydrogen (secondary N) is 1. The van der Waals surface area contributed by atoms with Gasteiger partial charge in [0.2, 0.25) is 0 Å². The Morgan fingerprint density at radius 2 is 1.94 bits per heavy atom. The summed E-state index contributed by atoms with van der Waals surface area (Å²) in [5.41, 5.74) is 0.899. The molecule has 0 bridgehead atoms. The van der Waals surface area contributed by atoms with Gasteiger partial charge in [0.15, 0.2) is 16.3 Å². The van der Waals surface area contributed by atoms with E-state index in [1.54, 1.807) is 18.8 Å². The molecule has 1 N–H and O–H groups in total. The van der Waals surface area contributed by atoms with Crippen molar-refractivity contribution in [2.75, 3.05) is 14.2 Å². The lowest BCUT2D eigenvalue weighted by Crippen LogP contribution is -2.11. The molecule has 6 heteroatoms. The van der Waals surface area contributed by atoms with Crippen LogP contribution in [-0.4, -0.2) is 18.8 Å². The van der Waals surface area contributed by atoms with E-state index in [-0.39, 0.29) is 17.0 Å². The highest BCUT2D eigenvalue weighted by molar-refractivity contribution is 8.93. The lowest BCUT2D eigenvalue weighted by Gasteiger charge is -2.08. The molecule has 0 unspecified atom stereocenters. The maximum atomic E-state index is 7.86. The second-order valence-corrected chi connectivity index (χ2v) is 4.40. The van der Waals surface area contributed by atoms with E-state index in [0.717, 1.165) is 10.2 Å². The molecule has 0 aliphatic carbocycles. The van der Waals surface area contributed by atoms with Gasteiger partial charge < -0.3 is 14.0 Å². The third kappa shape index (κ3) is 2.37. The van der Waals surface area contributed by atoms with Gasteiger partial charge in [-0.15, -0.1) is 23.4 Å². The Kier molecular flexibility index (Phi) is 4.82. The summed E-state index contributed by atoms with van der Waals surface area (Å²) in [5.74, 6) is 3.85. The maximum absolute atomic E-state index is 7.86. The molecule has 0 amide bonds. The third-order valence-electron chi connectivity index (χ3n) is 2.46. The summed E-state index contributed by atoms with van der Waals surface area (Å²) in [6, 6.07) is 3.71. The van der Waals surface area contributed by atoms with Crippen LogP contribution in [0.5, 0.6) is 11.5 Å². The van der Waals surface area contributed by atoms with Crippen LogP contribution in [0.1, 0.15) is 0 Å². The van der Waals surface area contributed by atoms with E-state index in [0.29, 0.717) is 22.8 Å². The summed E-state index contributed by atoms with van der Waals surface area (Å²) < 4.78 is 13.2. The third-order valence-corrected chi connectivity index (χ3v) is 3.42. The zero-order valence-electron chi connectivity index (χ0n) is 10.0. The van der Waals surface area contributed by atoms with E-state index in [2.05, 4.69) is 5.92 Å². The molecule has 2 rings (SSSR count). The smallest absolute Gasteiger partial charge is 0.183 e. The SMILES string of the molecule is Br.C#CCn1c(=N)sc2cc(OC)c(OC)cc21. The largest absolute Gasteiger partial charge is 0.493 e. The first kappa shape index (κ1) is 14.6. The summed E-state index contributed by atoms with van der Waals surface area (Å²) in [7, 11) is 3.18. The van der Waals surface area contributed by atoms with Crippen LogP contribution in [0.4, 0.5) is 0 Å². The number of ether oxygens (including phenoxy) is 2. The highest BCUT2D eigenvalue weighted by Crippen LogP contribution is 2.33. The van der Waals surface area contributed by atoms with Crippen LogP contribution in [0.15, 0.2) is 12.1 Å². The van der Waals surface area contributed by atoms with Gasteiger partial charge in [0, 0.05) is 12.1 Å². The highest BCUT2D eigenvalue weighted by Gasteiger charge is 2.11. The number of terminal acetylenes is 1. The molecule has 0 aliphatic heterocycles. The molecule has 0 spiro atoms. The standard InChI is InChI=1S/C12H12N2O2S.BrH/c1-4-5-14-8-6-9(15-2)10(16-3)7-11(8)17-12(14)13;/h1,6-7,13H,5H2,2-3H3;1H. The number of rotatable bonds is 3. The molecule has 96 valence electrons. The zero-order valence-corrected chi connectivity index (χ0v) is 12.5. The molecule has 2 aromatic rings. The normalized spacial score (nSPS) is 9.61. The first-order valence-electron chi connectivity index (χ1n) is 4.94. The maximum Gasteiger partial charge on any atom is 0.183 e. The Labute approximate surface area is 119 Å². The van der Waals surface area contributed by atoms with Crippen molar-refractivity contribution in [3.8, 4) is 23.8 Å². The second-order valence-electron chi connectivity index (χ2n) is 3.37. The molecule has 0 aliphatic rings. The van der Waals surface area contributed by atoms with Crippen LogP contribution < -0.4 is 14.3 Å². The van der Waals surface area contributed by atoms with Crippen molar-refractivity contribution >= 4 is 38.5 Å². The minimum absolute atomic E-state index is 0. The van der Waals surface area contributed by atoms with Gasteiger partial charge in [-0.2, -0.15) is 0 Å². The molecule has 0 fully saturated rings. The van der Waals surface area contributed by atoms with Crippen molar-refractivity contribution < 1.29 is 9.47 Å². The van der Waals surface area contributed by atoms with Crippen molar-refractivity contribution in [1.82, 2.24) is 4.57 Å². The van der Waals surface area contributed by atoms with Crippen molar-refractivity contribution in [1.29, 1.82) is 5.41 Å².